The molecule has 8 nitrogen and oxygen atoms in total. The second-order valence-corrected chi connectivity index (χ2v) is 8.00. The van der Waals surface area contributed by atoms with E-state index in [4.69, 9.17) is 8.94 Å². The molecule has 2 aromatic heterocycles. The van der Waals surface area contributed by atoms with E-state index in [0.29, 0.717) is 44.1 Å². The Balaban J connectivity index is 1.60. The first kappa shape index (κ1) is 17.7. The summed E-state index contributed by atoms with van der Waals surface area (Å²) in [6, 6.07) is 4.97. The molecular formula is C16H21N3O5S. The summed E-state index contributed by atoms with van der Waals surface area (Å²) in [6.07, 6.45) is 3.00. The number of hydrogen-bond acceptors (Lipinski definition) is 6. The Bertz CT molecular complexity index is 805. The number of aromatic nitrogens is 1. The molecule has 0 bridgehead atoms. The smallest absolute Gasteiger partial charge is 0.276 e. The van der Waals surface area contributed by atoms with Crippen LogP contribution in [0.3, 0.4) is 0 Å². The van der Waals surface area contributed by atoms with Crippen molar-refractivity contribution in [3.63, 3.8) is 0 Å². The number of furan rings is 1. The number of rotatable bonds is 6. The minimum absolute atomic E-state index is 0.160. The van der Waals surface area contributed by atoms with Gasteiger partial charge >= 0.3 is 0 Å². The summed E-state index contributed by atoms with van der Waals surface area (Å²) in [5.74, 6) is 0.771. The molecule has 1 amide bonds. The molecule has 9 heteroatoms. The van der Waals surface area contributed by atoms with Crippen molar-refractivity contribution in [3.05, 3.63) is 30.2 Å². The molecule has 3 heterocycles. The van der Waals surface area contributed by atoms with Crippen LogP contribution in [0.1, 0.15) is 30.3 Å². The number of carbonyl (C=O) groups is 1. The summed E-state index contributed by atoms with van der Waals surface area (Å²) in [5, 5.41) is 3.80. The highest BCUT2D eigenvalue weighted by Gasteiger charge is 2.30. The number of carbonyl (C=O) groups excluding carboxylic acids is 1. The number of nitrogens with zero attached hydrogens (tertiary/aromatic N) is 3. The van der Waals surface area contributed by atoms with Crippen LogP contribution in [0.2, 0.25) is 0 Å². The third kappa shape index (κ3) is 3.93. The number of amides is 1. The molecule has 0 unspecified atom stereocenters. The van der Waals surface area contributed by atoms with E-state index in [1.165, 1.54) is 16.6 Å². The molecule has 0 saturated carbocycles. The molecule has 3 rings (SSSR count). The summed E-state index contributed by atoms with van der Waals surface area (Å²) < 4.78 is 36.2. The molecule has 0 aliphatic carbocycles. The maximum absolute atomic E-state index is 12.5. The third-order valence-electron chi connectivity index (χ3n) is 4.17. The second kappa shape index (κ2) is 7.40. The summed E-state index contributed by atoms with van der Waals surface area (Å²) in [7, 11) is -3.24. The van der Waals surface area contributed by atoms with Crippen LogP contribution >= 0.6 is 0 Å². The first-order valence-electron chi connectivity index (χ1n) is 8.29. The zero-order valence-corrected chi connectivity index (χ0v) is 14.9. The molecule has 25 heavy (non-hydrogen) atoms. The fraction of sp³-hybridized carbons (Fsp3) is 0.500. The first-order chi connectivity index (χ1) is 12.0. The van der Waals surface area contributed by atoms with E-state index in [9.17, 15) is 13.2 Å². The molecule has 2 aromatic rings. The van der Waals surface area contributed by atoms with Crippen molar-refractivity contribution in [1.29, 1.82) is 0 Å². The van der Waals surface area contributed by atoms with E-state index >= 15 is 0 Å². The number of hydrogen-bond donors (Lipinski definition) is 0. The Morgan fingerprint density at radius 2 is 2.00 bits per heavy atom. The van der Waals surface area contributed by atoms with E-state index in [-0.39, 0.29) is 17.4 Å². The van der Waals surface area contributed by atoms with Gasteiger partial charge in [0, 0.05) is 32.2 Å². The second-order valence-electron chi connectivity index (χ2n) is 5.91. The van der Waals surface area contributed by atoms with Crippen LogP contribution in [0.25, 0.3) is 11.5 Å². The molecule has 136 valence electrons. The van der Waals surface area contributed by atoms with Crippen LogP contribution in [0, 0.1) is 0 Å². The quantitative estimate of drug-likeness (QED) is 0.773. The Morgan fingerprint density at radius 3 is 2.64 bits per heavy atom. The topological polar surface area (TPSA) is 96.9 Å². The van der Waals surface area contributed by atoms with Gasteiger partial charge in [0.1, 0.15) is 0 Å². The highest BCUT2D eigenvalue weighted by atomic mass is 32.2. The van der Waals surface area contributed by atoms with Crippen molar-refractivity contribution in [2.75, 3.05) is 31.9 Å². The van der Waals surface area contributed by atoms with Gasteiger partial charge in [-0.15, -0.1) is 0 Å². The summed E-state index contributed by atoms with van der Waals surface area (Å²) in [5.41, 5.74) is 0.189. The normalized spacial score (nSPS) is 16.3. The van der Waals surface area contributed by atoms with Crippen LogP contribution in [-0.4, -0.2) is 60.6 Å². The van der Waals surface area contributed by atoms with Gasteiger partial charge in [-0.3, -0.25) is 4.79 Å². The Labute approximate surface area is 146 Å². The van der Waals surface area contributed by atoms with Gasteiger partial charge in [-0.2, -0.15) is 4.31 Å². The SMILES string of the molecule is CCCCS(=O)(=O)N1CCN(C(=O)c2cc(-c3ccco3)on2)CC1. The van der Waals surface area contributed by atoms with Gasteiger partial charge < -0.3 is 13.8 Å². The van der Waals surface area contributed by atoms with Crippen LogP contribution in [0.4, 0.5) is 0 Å². The van der Waals surface area contributed by atoms with Crippen molar-refractivity contribution in [3.8, 4) is 11.5 Å². The zero-order valence-electron chi connectivity index (χ0n) is 14.1. The van der Waals surface area contributed by atoms with Gasteiger partial charge in [0.05, 0.1) is 12.0 Å². The molecule has 0 N–H and O–H groups in total. The minimum Gasteiger partial charge on any atom is -0.461 e. The van der Waals surface area contributed by atoms with Crippen molar-refractivity contribution >= 4 is 15.9 Å². The van der Waals surface area contributed by atoms with Gasteiger partial charge in [0.2, 0.25) is 15.8 Å². The summed E-state index contributed by atoms with van der Waals surface area (Å²) in [6.45, 7) is 3.25. The summed E-state index contributed by atoms with van der Waals surface area (Å²) >= 11 is 0. The van der Waals surface area contributed by atoms with E-state index in [2.05, 4.69) is 5.16 Å². The average molecular weight is 367 g/mol. The van der Waals surface area contributed by atoms with Crippen molar-refractivity contribution < 1.29 is 22.2 Å². The Hall–Kier alpha value is -2.13. The largest absolute Gasteiger partial charge is 0.461 e. The Kier molecular flexibility index (Phi) is 5.24. The summed E-state index contributed by atoms with van der Waals surface area (Å²) in [4.78, 5) is 14.1. The molecule has 1 saturated heterocycles. The van der Waals surface area contributed by atoms with E-state index < -0.39 is 10.0 Å². The van der Waals surface area contributed by atoms with E-state index in [1.54, 1.807) is 17.0 Å². The monoisotopic (exact) mass is 367 g/mol. The van der Waals surface area contributed by atoms with E-state index in [1.807, 2.05) is 6.92 Å². The van der Waals surface area contributed by atoms with Crippen LogP contribution in [0.15, 0.2) is 33.4 Å². The fourth-order valence-corrected chi connectivity index (χ4v) is 4.33. The number of unbranched alkanes of at least 4 members (excludes halogenated alkanes) is 1. The molecule has 0 spiro atoms. The molecular weight excluding hydrogens is 346 g/mol. The van der Waals surface area contributed by atoms with Gasteiger partial charge in [-0.25, -0.2) is 8.42 Å². The lowest BCUT2D eigenvalue weighted by Crippen LogP contribution is -2.51. The maximum atomic E-state index is 12.5. The highest BCUT2D eigenvalue weighted by Crippen LogP contribution is 2.21. The first-order valence-corrected chi connectivity index (χ1v) is 9.90. The molecule has 1 aliphatic rings. The lowest BCUT2D eigenvalue weighted by molar-refractivity contribution is 0.0687. The van der Waals surface area contributed by atoms with Gasteiger partial charge in [0.15, 0.2) is 11.5 Å². The number of piperazine rings is 1. The zero-order chi connectivity index (χ0) is 17.9. The van der Waals surface area contributed by atoms with Crippen LogP contribution in [0.5, 0.6) is 0 Å². The maximum Gasteiger partial charge on any atom is 0.276 e. The minimum atomic E-state index is -3.24. The van der Waals surface area contributed by atoms with Crippen LogP contribution < -0.4 is 0 Å². The standard InChI is InChI=1S/C16H21N3O5S/c1-2-3-11-25(21,22)19-8-6-18(7-9-19)16(20)13-12-15(24-17-13)14-5-4-10-23-14/h4-5,10,12H,2-3,6-9,11H2,1H3. The molecule has 0 radical (unpaired) electrons. The average Bonchev–Trinajstić information content (AvgIpc) is 3.30. The van der Waals surface area contributed by atoms with Gasteiger partial charge in [-0.1, -0.05) is 18.5 Å². The third-order valence-corrected chi connectivity index (χ3v) is 6.12. The fourth-order valence-electron chi connectivity index (χ4n) is 2.70. The molecule has 0 aromatic carbocycles. The molecule has 0 atom stereocenters. The van der Waals surface area contributed by atoms with Gasteiger partial charge in [0.25, 0.3) is 5.91 Å². The van der Waals surface area contributed by atoms with Crippen LogP contribution in [-0.2, 0) is 10.0 Å². The lowest BCUT2D eigenvalue weighted by Gasteiger charge is -2.33. The van der Waals surface area contributed by atoms with Gasteiger partial charge in [-0.05, 0) is 18.6 Å². The highest BCUT2D eigenvalue weighted by molar-refractivity contribution is 7.89. The predicted molar refractivity (Wildman–Crippen MR) is 90.4 cm³/mol. The van der Waals surface area contributed by atoms with E-state index in [0.717, 1.165) is 6.42 Å². The molecule has 1 fully saturated rings. The van der Waals surface area contributed by atoms with Crippen molar-refractivity contribution in [1.82, 2.24) is 14.4 Å². The lowest BCUT2D eigenvalue weighted by atomic mass is 10.2. The molecule has 1 aliphatic heterocycles. The number of sulfonamides is 1. The Morgan fingerprint density at radius 1 is 1.24 bits per heavy atom. The van der Waals surface area contributed by atoms with Crippen molar-refractivity contribution in [2.45, 2.75) is 19.8 Å². The van der Waals surface area contributed by atoms with Crippen molar-refractivity contribution in [2.24, 2.45) is 0 Å². The predicted octanol–water partition coefficient (Wildman–Crippen LogP) is 1.82.